The summed E-state index contributed by atoms with van der Waals surface area (Å²) < 4.78 is 17.6. The maximum Gasteiger partial charge on any atom is 0.458 e. The molecule has 0 aromatic heterocycles. The number of ether oxygens (including phenoxy) is 1. The van der Waals surface area contributed by atoms with Crippen molar-refractivity contribution >= 4 is 7.12 Å². The van der Waals surface area contributed by atoms with Crippen molar-refractivity contribution in [2.75, 3.05) is 13.7 Å². The summed E-state index contributed by atoms with van der Waals surface area (Å²) in [5.74, 6) is 0.395. The van der Waals surface area contributed by atoms with Crippen LogP contribution >= 0.6 is 0 Å². The first-order valence-electron chi connectivity index (χ1n) is 7.72. The molecule has 1 aliphatic heterocycles. The summed E-state index contributed by atoms with van der Waals surface area (Å²) in [7, 11) is 1.60. The number of benzene rings is 1. The van der Waals surface area contributed by atoms with Crippen molar-refractivity contribution in [2.45, 2.75) is 51.6 Å². The maximum atomic E-state index is 6.10. The first-order valence-corrected chi connectivity index (χ1v) is 7.72. The second-order valence-corrected chi connectivity index (χ2v) is 6.93. The molecule has 0 aliphatic carbocycles. The van der Waals surface area contributed by atoms with E-state index < -0.39 is 0 Å². The van der Waals surface area contributed by atoms with Gasteiger partial charge in [0.15, 0.2) is 0 Å². The lowest BCUT2D eigenvalue weighted by Gasteiger charge is -2.32. The monoisotopic (exact) mass is 290 g/mol. The normalized spacial score (nSPS) is 21.5. The molecule has 21 heavy (non-hydrogen) atoms. The van der Waals surface area contributed by atoms with E-state index in [-0.39, 0.29) is 18.3 Å². The summed E-state index contributed by atoms with van der Waals surface area (Å²) in [6.45, 7) is 9.09. The molecular weight excluding hydrogens is 263 g/mol. The zero-order chi connectivity index (χ0) is 15.5. The van der Waals surface area contributed by atoms with Crippen LogP contribution < -0.4 is 0 Å². The van der Waals surface area contributed by atoms with Gasteiger partial charge in [-0.25, -0.2) is 0 Å². The van der Waals surface area contributed by atoms with E-state index in [2.05, 4.69) is 52.0 Å². The number of hydrogen-bond donors (Lipinski definition) is 0. The maximum absolute atomic E-state index is 6.10. The summed E-state index contributed by atoms with van der Waals surface area (Å²) >= 11 is 0. The molecule has 1 heterocycles. The lowest BCUT2D eigenvalue weighted by atomic mass is 9.75. The third-order valence-corrected chi connectivity index (χ3v) is 4.60. The summed E-state index contributed by atoms with van der Waals surface area (Å²) in [5, 5.41) is 0. The van der Waals surface area contributed by atoms with Gasteiger partial charge in [-0.2, -0.15) is 0 Å². The summed E-state index contributed by atoms with van der Waals surface area (Å²) in [5.41, 5.74) is 0.806. The minimum absolute atomic E-state index is 0.154. The van der Waals surface area contributed by atoms with E-state index in [0.717, 1.165) is 19.3 Å². The highest BCUT2D eigenvalue weighted by Gasteiger charge is 2.51. The highest BCUT2D eigenvalue weighted by atomic mass is 16.7. The highest BCUT2D eigenvalue weighted by molar-refractivity contribution is 6.45. The van der Waals surface area contributed by atoms with E-state index in [1.807, 2.05) is 6.07 Å². The van der Waals surface area contributed by atoms with Gasteiger partial charge in [-0.3, -0.25) is 0 Å². The molecule has 1 fully saturated rings. The molecular formula is C17H27BO3. The van der Waals surface area contributed by atoms with Crippen molar-refractivity contribution in [3.63, 3.8) is 0 Å². The Morgan fingerprint density at radius 2 is 1.62 bits per heavy atom. The second kappa shape index (κ2) is 6.51. The van der Waals surface area contributed by atoms with Crippen LogP contribution in [0.2, 0.25) is 6.32 Å². The van der Waals surface area contributed by atoms with Crippen LogP contribution in [0.5, 0.6) is 0 Å². The van der Waals surface area contributed by atoms with Crippen molar-refractivity contribution in [3.8, 4) is 0 Å². The molecule has 116 valence electrons. The van der Waals surface area contributed by atoms with Gasteiger partial charge in [0.25, 0.3) is 0 Å². The van der Waals surface area contributed by atoms with Crippen LogP contribution in [-0.4, -0.2) is 32.0 Å². The Balaban J connectivity index is 1.98. The Bertz CT molecular complexity index is 429. The Kier molecular flexibility index (Phi) is 5.13. The zero-order valence-electron chi connectivity index (χ0n) is 13.9. The van der Waals surface area contributed by atoms with E-state index in [1.165, 1.54) is 5.56 Å². The average Bonchev–Trinajstić information content (AvgIpc) is 2.58. The molecule has 0 saturated carbocycles. The molecule has 0 bridgehead atoms. The molecule has 1 aromatic rings. The molecule has 0 amide bonds. The lowest BCUT2D eigenvalue weighted by molar-refractivity contribution is 0.00578. The third kappa shape index (κ3) is 4.09. The number of hydrogen-bond acceptors (Lipinski definition) is 3. The van der Waals surface area contributed by atoms with Crippen molar-refractivity contribution in [2.24, 2.45) is 5.92 Å². The first-order chi connectivity index (χ1) is 9.84. The summed E-state index contributed by atoms with van der Waals surface area (Å²) in [6.07, 6.45) is 1.84. The van der Waals surface area contributed by atoms with Gasteiger partial charge >= 0.3 is 7.12 Å². The largest absolute Gasteiger partial charge is 0.458 e. The smallest absolute Gasteiger partial charge is 0.403 e. The molecule has 1 aromatic carbocycles. The molecule has 1 atom stereocenters. The quantitative estimate of drug-likeness (QED) is 0.749. The second-order valence-electron chi connectivity index (χ2n) is 6.93. The molecule has 0 radical (unpaired) electrons. The van der Waals surface area contributed by atoms with Gasteiger partial charge in [0.2, 0.25) is 0 Å². The average molecular weight is 290 g/mol. The lowest BCUT2D eigenvalue weighted by Crippen LogP contribution is -2.41. The van der Waals surface area contributed by atoms with Crippen LogP contribution in [0.1, 0.15) is 33.3 Å². The van der Waals surface area contributed by atoms with E-state index >= 15 is 0 Å². The van der Waals surface area contributed by atoms with Crippen molar-refractivity contribution in [1.82, 2.24) is 0 Å². The minimum atomic E-state index is -0.262. The molecule has 0 unspecified atom stereocenters. The van der Waals surface area contributed by atoms with Gasteiger partial charge in [-0.05, 0) is 51.9 Å². The van der Waals surface area contributed by atoms with Crippen molar-refractivity contribution in [3.05, 3.63) is 35.9 Å². The summed E-state index contributed by atoms with van der Waals surface area (Å²) in [4.78, 5) is 0. The van der Waals surface area contributed by atoms with Gasteiger partial charge < -0.3 is 14.0 Å². The fourth-order valence-electron chi connectivity index (χ4n) is 2.73. The van der Waals surface area contributed by atoms with E-state index in [0.29, 0.717) is 5.92 Å². The van der Waals surface area contributed by atoms with Gasteiger partial charge in [0, 0.05) is 13.7 Å². The zero-order valence-corrected chi connectivity index (χ0v) is 13.9. The number of rotatable bonds is 6. The van der Waals surface area contributed by atoms with E-state index in [9.17, 15) is 0 Å². The van der Waals surface area contributed by atoms with Gasteiger partial charge in [0.05, 0.1) is 11.2 Å². The third-order valence-electron chi connectivity index (χ3n) is 4.60. The van der Waals surface area contributed by atoms with Gasteiger partial charge in [-0.15, -0.1) is 0 Å². The topological polar surface area (TPSA) is 27.7 Å². The molecule has 1 aliphatic rings. The van der Waals surface area contributed by atoms with Crippen LogP contribution in [0.3, 0.4) is 0 Å². The summed E-state index contributed by atoms with van der Waals surface area (Å²) in [6, 6.07) is 10.5. The number of methoxy groups -OCH3 is 1. The van der Waals surface area contributed by atoms with Crippen molar-refractivity contribution < 1.29 is 14.0 Å². The fraction of sp³-hybridized carbons (Fsp3) is 0.647. The SMILES string of the molecule is COC[C@H](CB1OC(C)(C)C(C)(C)O1)Cc1ccccc1. The van der Waals surface area contributed by atoms with Crippen LogP contribution in [0.4, 0.5) is 0 Å². The Morgan fingerprint density at radius 3 is 2.14 bits per heavy atom. The molecule has 0 N–H and O–H groups in total. The molecule has 1 saturated heterocycles. The van der Waals surface area contributed by atoms with Crippen LogP contribution in [0.15, 0.2) is 30.3 Å². The molecule has 0 spiro atoms. The predicted octanol–water partition coefficient (Wildman–Crippen LogP) is 3.58. The van der Waals surface area contributed by atoms with E-state index in [1.54, 1.807) is 7.11 Å². The predicted molar refractivity (Wildman–Crippen MR) is 86.4 cm³/mol. The standard InChI is InChI=1S/C17H27BO3/c1-16(2)17(3,4)21-18(20-16)12-15(13-19-5)11-14-9-7-6-8-10-14/h6-10,15H,11-13H2,1-5H3/t15-/m0/s1. The van der Waals surface area contributed by atoms with Gasteiger partial charge in [-0.1, -0.05) is 30.3 Å². The van der Waals surface area contributed by atoms with Crippen LogP contribution in [0, 0.1) is 5.92 Å². The van der Waals surface area contributed by atoms with Crippen LogP contribution in [0.25, 0.3) is 0 Å². The van der Waals surface area contributed by atoms with Crippen LogP contribution in [-0.2, 0) is 20.5 Å². The molecule has 2 rings (SSSR count). The Hall–Kier alpha value is -0.835. The minimum Gasteiger partial charge on any atom is -0.403 e. The van der Waals surface area contributed by atoms with Crippen molar-refractivity contribution in [1.29, 1.82) is 0 Å². The molecule has 4 heteroatoms. The highest BCUT2D eigenvalue weighted by Crippen LogP contribution is 2.38. The molecule has 3 nitrogen and oxygen atoms in total. The first kappa shape index (κ1) is 16.5. The Morgan fingerprint density at radius 1 is 1.05 bits per heavy atom. The Labute approximate surface area is 129 Å². The van der Waals surface area contributed by atoms with Gasteiger partial charge in [0.1, 0.15) is 0 Å². The fourth-order valence-corrected chi connectivity index (χ4v) is 2.73. The van der Waals surface area contributed by atoms with E-state index in [4.69, 9.17) is 14.0 Å².